The second-order valence-corrected chi connectivity index (χ2v) is 7.94. The van der Waals surface area contributed by atoms with Gasteiger partial charge in [-0.05, 0) is 25.1 Å². The molecule has 0 aliphatic rings. The van der Waals surface area contributed by atoms with E-state index in [9.17, 15) is 14.7 Å². The maximum atomic E-state index is 12.8. The first-order valence-corrected chi connectivity index (χ1v) is 10.5. The Hall–Kier alpha value is -2.38. The lowest BCUT2D eigenvalue weighted by Gasteiger charge is -2.20. The summed E-state index contributed by atoms with van der Waals surface area (Å²) in [4.78, 5) is 29.1. The summed E-state index contributed by atoms with van der Waals surface area (Å²) < 4.78 is 6.86. The van der Waals surface area contributed by atoms with Gasteiger partial charge in [-0.3, -0.25) is 4.79 Å². The Morgan fingerprint density at radius 2 is 1.87 bits per heavy atom. The number of carbonyl (C=O) groups is 1. The van der Waals surface area contributed by atoms with Crippen LogP contribution in [0.4, 0.5) is 0 Å². The molecule has 0 spiro atoms. The first-order chi connectivity index (χ1) is 14.8. The molecule has 1 N–H and O–H groups in total. The highest BCUT2D eigenvalue weighted by molar-refractivity contribution is 6.42. The van der Waals surface area contributed by atoms with E-state index in [0.29, 0.717) is 40.3 Å². The number of benzene rings is 1. The van der Waals surface area contributed by atoms with Gasteiger partial charge in [-0.25, -0.2) is 9.78 Å². The molecule has 0 radical (unpaired) electrons. The fraction of sp³-hybridized carbons (Fsp3) is 0.227. The minimum Gasteiger partial charge on any atom is -0.477 e. The summed E-state index contributed by atoms with van der Waals surface area (Å²) in [6, 6.07) is 9.70. The Morgan fingerprint density at radius 3 is 2.45 bits per heavy atom. The van der Waals surface area contributed by atoms with E-state index in [-0.39, 0.29) is 22.7 Å². The number of aromatic nitrogens is 2. The number of carboxylic acid groups (broad SMARTS) is 1. The third kappa shape index (κ3) is 4.93. The van der Waals surface area contributed by atoms with E-state index in [4.69, 9.17) is 39.5 Å². The summed E-state index contributed by atoms with van der Waals surface area (Å²) in [6.45, 7) is 2.62. The summed E-state index contributed by atoms with van der Waals surface area (Å²) in [7, 11) is 1.57. The smallest absolute Gasteiger partial charge is 0.341 e. The molecular formula is C22H19Cl3N2O4. The van der Waals surface area contributed by atoms with Crippen molar-refractivity contribution in [1.82, 2.24) is 9.55 Å². The van der Waals surface area contributed by atoms with Gasteiger partial charge in [0.25, 0.3) is 0 Å². The van der Waals surface area contributed by atoms with Crippen LogP contribution >= 0.6 is 34.8 Å². The molecule has 0 unspecified atom stereocenters. The number of hydrogen-bond donors (Lipinski definition) is 1. The van der Waals surface area contributed by atoms with Crippen LogP contribution in [0.3, 0.4) is 0 Å². The highest BCUT2D eigenvalue weighted by Gasteiger charge is 2.22. The molecule has 2 heterocycles. The SMILES string of the molecule is CCn1c(Cc2ccc(COC)c(Cl)n2)cc(=O)c(C(=O)O)c1-c1ccc(Cl)c(Cl)c1. The maximum Gasteiger partial charge on any atom is 0.341 e. The van der Waals surface area contributed by atoms with Crippen molar-refractivity contribution in [2.45, 2.75) is 26.5 Å². The quantitative estimate of drug-likeness (QED) is 0.462. The van der Waals surface area contributed by atoms with Gasteiger partial charge in [-0.2, -0.15) is 0 Å². The monoisotopic (exact) mass is 480 g/mol. The van der Waals surface area contributed by atoms with Crippen LogP contribution in [-0.2, 0) is 24.3 Å². The van der Waals surface area contributed by atoms with Crippen LogP contribution in [-0.4, -0.2) is 27.7 Å². The van der Waals surface area contributed by atoms with Crippen LogP contribution in [0, 0.1) is 0 Å². The van der Waals surface area contributed by atoms with Gasteiger partial charge in [-0.1, -0.05) is 46.9 Å². The lowest BCUT2D eigenvalue weighted by molar-refractivity contribution is 0.0695. The largest absolute Gasteiger partial charge is 0.477 e. The van der Waals surface area contributed by atoms with E-state index in [2.05, 4.69) is 4.98 Å². The van der Waals surface area contributed by atoms with Crippen molar-refractivity contribution in [2.24, 2.45) is 0 Å². The molecule has 0 aliphatic carbocycles. The predicted molar refractivity (Wildman–Crippen MR) is 122 cm³/mol. The molecule has 6 nitrogen and oxygen atoms in total. The van der Waals surface area contributed by atoms with E-state index in [1.807, 2.05) is 13.0 Å². The Morgan fingerprint density at radius 1 is 1.13 bits per heavy atom. The van der Waals surface area contributed by atoms with Crippen molar-refractivity contribution in [2.75, 3.05) is 7.11 Å². The Balaban J connectivity index is 2.19. The van der Waals surface area contributed by atoms with Gasteiger partial charge in [0.1, 0.15) is 10.7 Å². The Bertz CT molecular complexity index is 1210. The van der Waals surface area contributed by atoms with Crippen molar-refractivity contribution >= 4 is 40.8 Å². The highest BCUT2D eigenvalue weighted by Crippen LogP contribution is 2.31. The van der Waals surface area contributed by atoms with Gasteiger partial charge in [-0.15, -0.1) is 0 Å². The number of hydrogen-bond acceptors (Lipinski definition) is 4. The fourth-order valence-corrected chi connectivity index (χ4v) is 3.93. The zero-order chi connectivity index (χ0) is 22.7. The van der Waals surface area contributed by atoms with Gasteiger partial charge in [0.2, 0.25) is 0 Å². The molecule has 9 heteroatoms. The average Bonchev–Trinajstić information content (AvgIpc) is 2.71. The van der Waals surface area contributed by atoms with Crippen LogP contribution in [0.1, 0.15) is 34.2 Å². The normalized spacial score (nSPS) is 11.0. The number of rotatable bonds is 7. The number of methoxy groups -OCH3 is 1. The molecule has 3 aromatic rings. The first kappa shape index (κ1) is 23.3. The average molecular weight is 482 g/mol. The standard InChI is InChI=1S/C22H19Cl3N2O4/c1-3-27-15(9-14-6-4-13(11-31-2)21(25)26-14)10-18(28)19(22(29)30)20(27)12-5-7-16(23)17(24)8-12/h4-8,10H,3,9,11H2,1-2H3,(H,29,30). The number of pyridine rings is 2. The number of nitrogens with zero attached hydrogens (tertiary/aromatic N) is 2. The van der Waals surface area contributed by atoms with Crippen LogP contribution in [0.2, 0.25) is 15.2 Å². The van der Waals surface area contributed by atoms with E-state index < -0.39 is 11.4 Å². The zero-order valence-corrected chi connectivity index (χ0v) is 19.1. The van der Waals surface area contributed by atoms with Gasteiger partial charge >= 0.3 is 5.97 Å². The molecule has 0 amide bonds. The minimum atomic E-state index is -1.31. The zero-order valence-electron chi connectivity index (χ0n) is 16.8. The van der Waals surface area contributed by atoms with E-state index in [1.165, 1.54) is 6.07 Å². The maximum absolute atomic E-state index is 12.8. The second kappa shape index (κ2) is 9.83. The molecule has 0 bridgehead atoms. The van der Waals surface area contributed by atoms with Crippen LogP contribution in [0.5, 0.6) is 0 Å². The van der Waals surface area contributed by atoms with E-state index in [1.54, 1.807) is 35.9 Å². The summed E-state index contributed by atoms with van der Waals surface area (Å²) in [6.07, 6.45) is 0.282. The molecule has 0 atom stereocenters. The van der Waals surface area contributed by atoms with Crippen molar-refractivity contribution in [1.29, 1.82) is 0 Å². The second-order valence-electron chi connectivity index (χ2n) is 6.76. The third-order valence-corrected chi connectivity index (χ3v) is 5.83. The molecule has 1 aromatic carbocycles. The van der Waals surface area contributed by atoms with Gasteiger partial charge in [0.15, 0.2) is 5.43 Å². The van der Waals surface area contributed by atoms with Crippen molar-refractivity contribution < 1.29 is 14.6 Å². The molecule has 3 rings (SSSR count). The lowest BCUT2D eigenvalue weighted by atomic mass is 10.0. The third-order valence-electron chi connectivity index (χ3n) is 4.77. The number of carboxylic acids is 1. The number of ether oxygens (including phenoxy) is 1. The first-order valence-electron chi connectivity index (χ1n) is 9.35. The molecule has 31 heavy (non-hydrogen) atoms. The summed E-state index contributed by atoms with van der Waals surface area (Å²) >= 11 is 18.4. The number of halogens is 3. The molecule has 0 aliphatic heterocycles. The fourth-order valence-electron chi connectivity index (χ4n) is 3.40. The highest BCUT2D eigenvalue weighted by atomic mass is 35.5. The Kier molecular flexibility index (Phi) is 7.38. The van der Waals surface area contributed by atoms with Gasteiger partial charge < -0.3 is 14.4 Å². The molecule has 2 aromatic heterocycles. The van der Waals surface area contributed by atoms with E-state index >= 15 is 0 Å². The van der Waals surface area contributed by atoms with Gasteiger partial charge in [0, 0.05) is 48.7 Å². The summed E-state index contributed by atoms with van der Waals surface area (Å²) in [5.41, 5.74) is 1.79. The number of aromatic carboxylic acids is 1. The summed E-state index contributed by atoms with van der Waals surface area (Å²) in [5, 5.41) is 10.6. The molecule has 0 fully saturated rings. The summed E-state index contributed by atoms with van der Waals surface area (Å²) in [5.74, 6) is -1.31. The van der Waals surface area contributed by atoms with Gasteiger partial charge in [0.05, 0.1) is 22.3 Å². The Labute approximate surface area is 194 Å². The lowest BCUT2D eigenvalue weighted by Crippen LogP contribution is -2.23. The van der Waals surface area contributed by atoms with E-state index in [0.717, 1.165) is 5.56 Å². The molecule has 0 saturated heterocycles. The van der Waals surface area contributed by atoms with Crippen LogP contribution < -0.4 is 5.43 Å². The van der Waals surface area contributed by atoms with Crippen LogP contribution in [0.15, 0.2) is 41.2 Å². The van der Waals surface area contributed by atoms with Crippen molar-refractivity contribution in [3.8, 4) is 11.3 Å². The predicted octanol–water partition coefficient (Wildman–Crippen LogP) is 5.33. The van der Waals surface area contributed by atoms with Crippen LogP contribution in [0.25, 0.3) is 11.3 Å². The topological polar surface area (TPSA) is 81.4 Å². The van der Waals surface area contributed by atoms with Crippen molar-refractivity contribution in [3.05, 3.63) is 84.3 Å². The minimum absolute atomic E-state index is 0.262. The van der Waals surface area contributed by atoms with Crippen molar-refractivity contribution in [3.63, 3.8) is 0 Å². The molecule has 0 saturated carbocycles. The molecular weight excluding hydrogens is 463 g/mol. The molecule has 162 valence electrons.